The van der Waals surface area contributed by atoms with Gasteiger partial charge in [0.1, 0.15) is 18.1 Å². The highest BCUT2D eigenvalue weighted by Crippen LogP contribution is 2.63. The monoisotopic (exact) mass is 397 g/mol. The summed E-state index contributed by atoms with van der Waals surface area (Å²) >= 11 is 0. The molecule has 4 heterocycles. The zero-order valence-corrected chi connectivity index (χ0v) is 15.0. The molecule has 0 bridgehead atoms. The van der Waals surface area contributed by atoms with E-state index in [2.05, 4.69) is 20.3 Å². The maximum Gasteiger partial charge on any atom is 0.259 e. The Hall–Kier alpha value is -3.36. The third kappa shape index (κ3) is 2.27. The normalized spacial score (nSPS) is 21.9. The summed E-state index contributed by atoms with van der Waals surface area (Å²) in [5.41, 5.74) is 2.01. The van der Waals surface area contributed by atoms with Gasteiger partial charge in [-0.05, 0) is 30.3 Å². The van der Waals surface area contributed by atoms with E-state index in [1.54, 1.807) is 24.5 Å². The Morgan fingerprint density at radius 1 is 1.14 bits per heavy atom. The Kier molecular flexibility index (Phi) is 3.07. The summed E-state index contributed by atoms with van der Waals surface area (Å²) in [7, 11) is 0. The second-order valence-corrected chi connectivity index (χ2v) is 7.63. The maximum atomic E-state index is 13.9. The quantitative estimate of drug-likeness (QED) is 0.554. The molecule has 1 aromatic carbocycles. The number of benzene rings is 1. The third-order valence-electron chi connectivity index (χ3n) is 5.80. The van der Waals surface area contributed by atoms with E-state index in [4.69, 9.17) is 4.74 Å². The van der Waals surface area contributed by atoms with Gasteiger partial charge in [-0.15, -0.1) is 0 Å². The van der Waals surface area contributed by atoms with Crippen LogP contribution in [-0.4, -0.2) is 37.5 Å². The van der Waals surface area contributed by atoms with Crippen molar-refractivity contribution in [3.63, 3.8) is 0 Å². The van der Waals surface area contributed by atoms with E-state index >= 15 is 0 Å². The largest absolute Gasteiger partial charge is 0.476 e. The number of hydrogen-bond acceptors (Lipinski definition) is 4. The van der Waals surface area contributed by atoms with E-state index in [0.717, 1.165) is 10.9 Å². The standard InChI is InChI=1S/C20H14F3N5O/c21-12-3-1-11(2-4-12)16-15(13-5-6-24-17-14(13)7-25-26-17)18-28(27-16)9-19(10-29-18)8-20(19,22)23/h1-7H,8-10H2,(H,24,25,26)/t19-/m0/s1. The average molecular weight is 397 g/mol. The van der Waals surface area contributed by atoms with Gasteiger partial charge in [-0.3, -0.25) is 5.10 Å². The van der Waals surface area contributed by atoms with E-state index in [9.17, 15) is 13.2 Å². The molecule has 1 atom stereocenters. The van der Waals surface area contributed by atoms with E-state index in [1.807, 2.05) is 6.07 Å². The molecule has 0 unspecified atom stereocenters. The number of halogens is 3. The van der Waals surface area contributed by atoms with Crippen molar-refractivity contribution >= 4 is 11.0 Å². The second-order valence-electron chi connectivity index (χ2n) is 7.63. The number of alkyl halides is 2. The number of aromatic nitrogens is 5. The molecule has 2 aliphatic rings. The van der Waals surface area contributed by atoms with Gasteiger partial charge in [0, 0.05) is 29.1 Å². The molecule has 4 aromatic rings. The highest BCUT2D eigenvalue weighted by molar-refractivity contribution is 5.98. The Morgan fingerprint density at radius 3 is 2.69 bits per heavy atom. The van der Waals surface area contributed by atoms with Crippen LogP contribution in [0.2, 0.25) is 0 Å². The van der Waals surface area contributed by atoms with E-state index in [-0.39, 0.29) is 25.4 Å². The molecule has 1 aliphatic carbocycles. The summed E-state index contributed by atoms with van der Waals surface area (Å²) in [4.78, 5) is 4.26. The van der Waals surface area contributed by atoms with E-state index in [1.165, 1.54) is 16.8 Å². The predicted octanol–water partition coefficient (Wildman–Crippen LogP) is 4.05. The number of rotatable bonds is 2. The number of aromatic amines is 1. The van der Waals surface area contributed by atoms with Crippen LogP contribution in [-0.2, 0) is 6.54 Å². The molecule has 29 heavy (non-hydrogen) atoms. The van der Waals surface area contributed by atoms with Crippen molar-refractivity contribution in [2.24, 2.45) is 5.41 Å². The average Bonchev–Trinajstić information content (AvgIpc) is 3.09. The lowest BCUT2D eigenvalue weighted by molar-refractivity contribution is 0.0154. The van der Waals surface area contributed by atoms with Gasteiger partial charge >= 0.3 is 0 Å². The van der Waals surface area contributed by atoms with Crippen LogP contribution < -0.4 is 4.74 Å². The number of fused-ring (bicyclic) bond motifs is 2. The number of ether oxygens (including phenoxy) is 1. The first-order chi connectivity index (χ1) is 14.0. The fourth-order valence-corrected chi connectivity index (χ4v) is 4.07. The van der Waals surface area contributed by atoms with E-state index < -0.39 is 11.3 Å². The SMILES string of the molecule is Fc1ccc(-c2nn3c(c2-c2ccnc4[nH]ncc24)OC[C@@]2(C3)CC2(F)F)cc1. The molecule has 6 rings (SSSR count). The number of hydrogen-bond donors (Lipinski definition) is 1. The first-order valence-electron chi connectivity index (χ1n) is 9.13. The zero-order chi connectivity index (χ0) is 19.8. The van der Waals surface area contributed by atoms with Gasteiger partial charge in [0.2, 0.25) is 5.88 Å². The Labute approximate surface area is 162 Å². The lowest BCUT2D eigenvalue weighted by Crippen LogP contribution is -2.31. The first-order valence-corrected chi connectivity index (χ1v) is 9.13. The highest BCUT2D eigenvalue weighted by atomic mass is 19.3. The van der Waals surface area contributed by atoms with Gasteiger partial charge in [0.25, 0.3) is 5.92 Å². The fraction of sp³-hybridized carbons (Fsp3) is 0.250. The van der Waals surface area contributed by atoms with Crippen molar-refractivity contribution < 1.29 is 17.9 Å². The number of nitrogens with zero attached hydrogens (tertiary/aromatic N) is 4. The summed E-state index contributed by atoms with van der Waals surface area (Å²) in [6.07, 6.45) is 3.07. The van der Waals surface area contributed by atoms with Crippen LogP contribution >= 0.6 is 0 Å². The summed E-state index contributed by atoms with van der Waals surface area (Å²) < 4.78 is 48.7. The van der Waals surface area contributed by atoms with Crippen molar-refractivity contribution in [3.05, 3.63) is 48.5 Å². The second kappa shape index (κ2) is 5.37. The van der Waals surface area contributed by atoms with Crippen molar-refractivity contribution in [2.75, 3.05) is 6.61 Å². The van der Waals surface area contributed by atoms with Crippen LogP contribution in [0.25, 0.3) is 33.4 Å². The predicted molar refractivity (Wildman–Crippen MR) is 98.0 cm³/mol. The molecule has 1 spiro atoms. The van der Waals surface area contributed by atoms with Gasteiger partial charge < -0.3 is 4.74 Å². The summed E-state index contributed by atoms with van der Waals surface area (Å²) in [5, 5.41) is 12.2. The van der Waals surface area contributed by atoms with Crippen LogP contribution in [0.5, 0.6) is 5.88 Å². The van der Waals surface area contributed by atoms with Gasteiger partial charge in [0.15, 0.2) is 5.65 Å². The molecule has 1 saturated carbocycles. The van der Waals surface area contributed by atoms with Crippen LogP contribution in [0, 0.1) is 11.2 Å². The molecule has 1 fully saturated rings. The topological polar surface area (TPSA) is 68.6 Å². The molecule has 1 N–H and O–H groups in total. The van der Waals surface area contributed by atoms with Gasteiger partial charge in [0.05, 0.1) is 23.7 Å². The molecule has 6 nitrogen and oxygen atoms in total. The molecule has 3 aromatic heterocycles. The maximum absolute atomic E-state index is 13.9. The zero-order valence-electron chi connectivity index (χ0n) is 15.0. The number of nitrogens with one attached hydrogen (secondary N) is 1. The molecular formula is C20H14F3N5O. The minimum absolute atomic E-state index is 0.0683. The van der Waals surface area contributed by atoms with Crippen molar-refractivity contribution in [3.8, 4) is 28.3 Å². The van der Waals surface area contributed by atoms with Crippen LogP contribution in [0.15, 0.2) is 42.7 Å². The minimum atomic E-state index is -2.75. The van der Waals surface area contributed by atoms with Crippen LogP contribution in [0.4, 0.5) is 13.2 Å². The van der Waals surface area contributed by atoms with E-state index in [0.29, 0.717) is 28.3 Å². The van der Waals surface area contributed by atoms with Crippen molar-refractivity contribution in [1.29, 1.82) is 0 Å². The number of H-pyrrole nitrogens is 1. The minimum Gasteiger partial charge on any atom is -0.476 e. The number of pyridine rings is 1. The molecule has 0 radical (unpaired) electrons. The molecule has 0 saturated heterocycles. The molecule has 9 heteroatoms. The highest BCUT2D eigenvalue weighted by Gasteiger charge is 2.73. The Balaban J connectivity index is 1.59. The molecule has 0 amide bonds. The summed E-state index contributed by atoms with van der Waals surface area (Å²) in [6, 6.07) is 7.72. The van der Waals surface area contributed by atoms with Gasteiger partial charge in [-0.1, -0.05) is 0 Å². The Bertz CT molecular complexity index is 1260. The summed E-state index contributed by atoms with van der Waals surface area (Å²) in [5.74, 6) is -2.69. The smallest absolute Gasteiger partial charge is 0.259 e. The molecule has 146 valence electrons. The van der Waals surface area contributed by atoms with Crippen LogP contribution in [0.3, 0.4) is 0 Å². The third-order valence-corrected chi connectivity index (χ3v) is 5.80. The molecule has 1 aliphatic heterocycles. The lowest BCUT2D eigenvalue weighted by atomic mass is 9.99. The molecular weight excluding hydrogens is 383 g/mol. The van der Waals surface area contributed by atoms with Crippen LogP contribution in [0.1, 0.15) is 6.42 Å². The lowest BCUT2D eigenvalue weighted by Gasteiger charge is -2.24. The van der Waals surface area contributed by atoms with Gasteiger partial charge in [-0.2, -0.15) is 10.2 Å². The summed E-state index contributed by atoms with van der Waals surface area (Å²) in [6.45, 7) is 0.00427. The Morgan fingerprint density at radius 2 is 1.93 bits per heavy atom. The first kappa shape index (κ1) is 16.6. The van der Waals surface area contributed by atoms with Crippen molar-refractivity contribution in [2.45, 2.75) is 18.9 Å². The van der Waals surface area contributed by atoms with Crippen molar-refractivity contribution in [1.82, 2.24) is 25.0 Å². The fourth-order valence-electron chi connectivity index (χ4n) is 4.07. The van der Waals surface area contributed by atoms with Gasteiger partial charge in [-0.25, -0.2) is 22.8 Å².